The average Bonchev–Trinajstić information content (AvgIpc) is 2.34. The minimum absolute atomic E-state index is 0.774. The van der Waals surface area contributed by atoms with Gasteiger partial charge in [-0.1, -0.05) is 39.7 Å². The van der Waals surface area contributed by atoms with Crippen LogP contribution in [-0.2, 0) is 13.1 Å². The van der Waals surface area contributed by atoms with E-state index < -0.39 is 0 Å². The SMILES string of the molecule is CN(Cc1cccc(Cl)c1)Cc1cc(N)ccc1Br. The van der Waals surface area contributed by atoms with Gasteiger partial charge in [0.05, 0.1) is 0 Å². The van der Waals surface area contributed by atoms with E-state index in [1.54, 1.807) is 0 Å². The molecule has 0 saturated carbocycles. The van der Waals surface area contributed by atoms with Gasteiger partial charge in [-0.25, -0.2) is 0 Å². The first-order valence-corrected chi connectivity index (χ1v) is 7.18. The Morgan fingerprint density at radius 1 is 1.16 bits per heavy atom. The predicted molar refractivity (Wildman–Crippen MR) is 85.2 cm³/mol. The first-order chi connectivity index (χ1) is 9.04. The first kappa shape index (κ1) is 14.4. The molecule has 0 atom stereocenters. The second kappa shape index (κ2) is 6.42. The summed E-state index contributed by atoms with van der Waals surface area (Å²) in [4.78, 5) is 2.23. The molecule has 19 heavy (non-hydrogen) atoms. The maximum absolute atomic E-state index is 5.99. The van der Waals surface area contributed by atoms with Crippen LogP contribution in [0.5, 0.6) is 0 Å². The normalized spacial score (nSPS) is 10.9. The van der Waals surface area contributed by atoms with E-state index in [0.717, 1.165) is 28.3 Å². The Balaban J connectivity index is 2.05. The van der Waals surface area contributed by atoms with Gasteiger partial charge in [0.1, 0.15) is 0 Å². The van der Waals surface area contributed by atoms with Gasteiger partial charge in [0, 0.05) is 28.3 Å². The number of nitrogen functional groups attached to an aromatic ring is 1. The fourth-order valence-corrected chi connectivity index (χ4v) is 2.59. The molecule has 0 fully saturated rings. The van der Waals surface area contributed by atoms with E-state index in [1.165, 1.54) is 11.1 Å². The number of anilines is 1. The number of benzene rings is 2. The van der Waals surface area contributed by atoms with Crippen LogP contribution in [0.25, 0.3) is 0 Å². The molecule has 0 spiro atoms. The molecule has 0 amide bonds. The van der Waals surface area contributed by atoms with Crippen molar-refractivity contribution >= 4 is 33.2 Å². The molecule has 2 nitrogen and oxygen atoms in total. The van der Waals surface area contributed by atoms with E-state index in [9.17, 15) is 0 Å². The molecule has 2 N–H and O–H groups in total. The lowest BCUT2D eigenvalue weighted by molar-refractivity contribution is 0.318. The van der Waals surface area contributed by atoms with Crippen molar-refractivity contribution in [3.63, 3.8) is 0 Å². The van der Waals surface area contributed by atoms with Crippen LogP contribution in [0, 0.1) is 0 Å². The Bertz CT molecular complexity index is 572. The molecule has 0 radical (unpaired) electrons. The monoisotopic (exact) mass is 338 g/mol. The quantitative estimate of drug-likeness (QED) is 0.841. The molecule has 2 aromatic rings. The molecule has 0 aliphatic rings. The largest absolute Gasteiger partial charge is 0.399 e. The number of rotatable bonds is 4. The summed E-state index contributed by atoms with van der Waals surface area (Å²) in [5, 5.41) is 0.774. The standard InChI is InChI=1S/C15H16BrClN2/c1-19(9-11-3-2-4-13(17)7-11)10-12-8-14(18)5-6-15(12)16/h2-8H,9-10,18H2,1H3. The summed E-state index contributed by atoms with van der Waals surface area (Å²) >= 11 is 9.54. The number of hydrogen-bond acceptors (Lipinski definition) is 2. The molecule has 0 bridgehead atoms. The third-order valence-corrected chi connectivity index (χ3v) is 3.86. The third-order valence-electron chi connectivity index (χ3n) is 2.85. The van der Waals surface area contributed by atoms with E-state index in [4.69, 9.17) is 17.3 Å². The molecular formula is C15H16BrClN2. The Hall–Kier alpha value is -1.03. The minimum Gasteiger partial charge on any atom is -0.399 e. The zero-order valence-corrected chi connectivity index (χ0v) is 13.1. The Morgan fingerprint density at radius 3 is 2.68 bits per heavy atom. The smallest absolute Gasteiger partial charge is 0.0409 e. The van der Waals surface area contributed by atoms with Crippen LogP contribution in [0.3, 0.4) is 0 Å². The molecule has 0 saturated heterocycles. The van der Waals surface area contributed by atoms with Gasteiger partial charge in [-0.3, -0.25) is 4.90 Å². The second-order valence-corrected chi connectivity index (χ2v) is 5.94. The van der Waals surface area contributed by atoms with Crippen molar-refractivity contribution in [3.8, 4) is 0 Å². The Morgan fingerprint density at radius 2 is 1.95 bits per heavy atom. The summed E-state index contributed by atoms with van der Waals surface area (Å²) in [5.41, 5.74) is 8.99. The van der Waals surface area contributed by atoms with Crippen LogP contribution in [0.1, 0.15) is 11.1 Å². The fraction of sp³-hybridized carbons (Fsp3) is 0.200. The molecule has 0 heterocycles. The number of nitrogens with two attached hydrogens (primary N) is 1. The van der Waals surface area contributed by atoms with E-state index >= 15 is 0 Å². The van der Waals surface area contributed by atoms with Crippen molar-refractivity contribution in [2.75, 3.05) is 12.8 Å². The Kier molecular flexibility index (Phi) is 4.86. The van der Waals surface area contributed by atoms with Gasteiger partial charge < -0.3 is 5.73 Å². The van der Waals surface area contributed by atoms with Gasteiger partial charge in [-0.05, 0) is 48.5 Å². The van der Waals surface area contributed by atoms with Crippen molar-refractivity contribution in [1.82, 2.24) is 4.90 Å². The zero-order chi connectivity index (χ0) is 13.8. The Labute approximate surface area is 127 Å². The number of hydrogen-bond donors (Lipinski definition) is 1. The van der Waals surface area contributed by atoms with Crippen molar-refractivity contribution in [2.24, 2.45) is 0 Å². The minimum atomic E-state index is 0.774. The van der Waals surface area contributed by atoms with Crippen LogP contribution in [-0.4, -0.2) is 11.9 Å². The van der Waals surface area contributed by atoms with Gasteiger partial charge in [0.15, 0.2) is 0 Å². The third kappa shape index (κ3) is 4.23. The van der Waals surface area contributed by atoms with Gasteiger partial charge in [0.2, 0.25) is 0 Å². The first-order valence-electron chi connectivity index (χ1n) is 6.01. The number of nitrogens with zero attached hydrogens (tertiary/aromatic N) is 1. The van der Waals surface area contributed by atoms with Crippen LogP contribution in [0.15, 0.2) is 46.9 Å². The van der Waals surface area contributed by atoms with Crippen molar-refractivity contribution in [3.05, 3.63) is 63.1 Å². The maximum atomic E-state index is 5.99. The lowest BCUT2D eigenvalue weighted by Crippen LogP contribution is -2.17. The zero-order valence-electron chi connectivity index (χ0n) is 10.7. The molecule has 0 aromatic heterocycles. The van der Waals surface area contributed by atoms with Gasteiger partial charge in [-0.15, -0.1) is 0 Å². The van der Waals surface area contributed by atoms with Crippen molar-refractivity contribution in [2.45, 2.75) is 13.1 Å². The molecule has 0 aliphatic carbocycles. The van der Waals surface area contributed by atoms with Crippen LogP contribution in [0.2, 0.25) is 5.02 Å². The summed E-state index contributed by atoms with van der Waals surface area (Å²) in [7, 11) is 2.08. The highest BCUT2D eigenvalue weighted by atomic mass is 79.9. The second-order valence-electron chi connectivity index (χ2n) is 4.65. The maximum Gasteiger partial charge on any atom is 0.0409 e. The molecule has 4 heteroatoms. The van der Waals surface area contributed by atoms with E-state index in [2.05, 4.69) is 33.9 Å². The highest BCUT2D eigenvalue weighted by molar-refractivity contribution is 9.10. The molecule has 2 aromatic carbocycles. The number of halogens is 2. The average molecular weight is 340 g/mol. The van der Waals surface area contributed by atoms with Crippen LogP contribution in [0.4, 0.5) is 5.69 Å². The molecule has 100 valence electrons. The molecule has 2 rings (SSSR count). The highest BCUT2D eigenvalue weighted by Crippen LogP contribution is 2.21. The van der Waals surface area contributed by atoms with Gasteiger partial charge in [0.25, 0.3) is 0 Å². The summed E-state index contributed by atoms with van der Waals surface area (Å²) in [6.45, 7) is 1.68. The highest BCUT2D eigenvalue weighted by Gasteiger charge is 2.06. The van der Waals surface area contributed by atoms with E-state index in [1.807, 2.05) is 36.4 Å². The lowest BCUT2D eigenvalue weighted by Gasteiger charge is -2.18. The van der Waals surface area contributed by atoms with E-state index in [-0.39, 0.29) is 0 Å². The summed E-state index contributed by atoms with van der Waals surface area (Å²) in [6.07, 6.45) is 0. The lowest BCUT2D eigenvalue weighted by atomic mass is 10.1. The summed E-state index contributed by atoms with van der Waals surface area (Å²) in [6, 6.07) is 13.8. The molecule has 0 aliphatic heterocycles. The molecular weight excluding hydrogens is 324 g/mol. The predicted octanol–water partition coefficient (Wildman–Crippen LogP) is 4.32. The topological polar surface area (TPSA) is 29.3 Å². The van der Waals surface area contributed by atoms with E-state index in [0.29, 0.717) is 0 Å². The summed E-state index contributed by atoms with van der Waals surface area (Å²) < 4.78 is 1.08. The van der Waals surface area contributed by atoms with Crippen molar-refractivity contribution < 1.29 is 0 Å². The van der Waals surface area contributed by atoms with Crippen LogP contribution < -0.4 is 5.73 Å². The fourth-order valence-electron chi connectivity index (χ4n) is 2.01. The summed E-state index contributed by atoms with van der Waals surface area (Å²) in [5.74, 6) is 0. The van der Waals surface area contributed by atoms with Crippen LogP contribution >= 0.6 is 27.5 Å². The molecule has 0 unspecified atom stereocenters. The van der Waals surface area contributed by atoms with Gasteiger partial charge in [-0.2, -0.15) is 0 Å². The van der Waals surface area contributed by atoms with Crippen molar-refractivity contribution in [1.29, 1.82) is 0 Å². The van der Waals surface area contributed by atoms with Gasteiger partial charge >= 0.3 is 0 Å².